The second-order valence-electron chi connectivity index (χ2n) is 4.55. The zero-order valence-electron chi connectivity index (χ0n) is 12.1. The molecule has 0 aliphatic carbocycles. The van der Waals surface area contributed by atoms with Crippen molar-refractivity contribution in [2.24, 2.45) is 16.5 Å². The molecule has 5 heteroatoms. The molecule has 5 N–H and O–H groups in total. The molecule has 0 aromatic heterocycles. The highest BCUT2D eigenvalue weighted by molar-refractivity contribution is 6.01. The molecule has 0 spiro atoms. The molecule has 104 valence electrons. The largest absolute Gasteiger partial charge is 0.370 e. The summed E-state index contributed by atoms with van der Waals surface area (Å²) in [7, 11) is 1.81. The third kappa shape index (κ3) is 3.47. The van der Waals surface area contributed by atoms with E-state index in [1.807, 2.05) is 14.0 Å². The summed E-state index contributed by atoms with van der Waals surface area (Å²) in [4.78, 5) is 5.51. The Balaban J connectivity index is 3.26. The smallest absolute Gasteiger partial charge is 0.225 e. The summed E-state index contributed by atoms with van der Waals surface area (Å²) in [6.07, 6.45) is 1.91. The monoisotopic (exact) mass is 261 g/mol. The molecule has 19 heavy (non-hydrogen) atoms. The number of anilines is 1. The molecule has 0 saturated heterocycles. The fourth-order valence-electron chi connectivity index (χ4n) is 2.19. The standard InChI is InChI=1S/C14H23N5/c1-5-10-7-9(3)12(11(6-2)8-10)19(4)14(17)18-13(15)16/h7-8H,5-6H2,1-4H3,(H5,15,16,17,18). The van der Waals surface area contributed by atoms with Crippen LogP contribution in [0.3, 0.4) is 0 Å². The number of nitrogens with one attached hydrogen (secondary N) is 1. The van der Waals surface area contributed by atoms with E-state index in [1.165, 1.54) is 11.1 Å². The van der Waals surface area contributed by atoms with Crippen LogP contribution in [0.5, 0.6) is 0 Å². The summed E-state index contributed by atoms with van der Waals surface area (Å²) >= 11 is 0. The molecule has 0 unspecified atom stereocenters. The van der Waals surface area contributed by atoms with E-state index in [-0.39, 0.29) is 11.9 Å². The minimum atomic E-state index is -0.0993. The van der Waals surface area contributed by atoms with E-state index in [9.17, 15) is 0 Å². The van der Waals surface area contributed by atoms with E-state index < -0.39 is 0 Å². The first-order valence-electron chi connectivity index (χ1n) is 6.45. The Morgan fingerprint density at radius 2 is 1.89 bits per heavy atom. The number of hydrogen-bond donors (Lipinski definition) is 3. The summed E-state index contributed by atoms with van der Waals surface area (Å²) in [5.74, 6) is -0.0558. The molecule has 1 rings (SSSR count). The number of aryl methyl sites for hydroxylation is 3. The fourth-order valence-corrected chi connectivity index (χ4v) is 2.19. The lowest BCUT2D eigenvalue weighted by atomic mass is 9.99. The quantitative estimate of drug-likeness (QED) is 0.572. The first-order valence-corrected chi connectivity index (χ1v) is 6.45. The minimum Gasteiger partial charge on any atom is -0.370 e. The molecule has 0 aliphatic rings. The average Bonchev–Trinajstić information content (AvgIpc) is 2.35. The Labute approximate surface area is 114 Å². The lowest BCUT2D eigenvalue weighted by molar-refractivity contribution is 1.05. The number of nitrogens with two attached hydrogens (primary N) is 2. The van der Waals surface area contributed by atoms with Crippen LogP contribution in [0.2, 0.25) is 0 Å². The molecule has 0 aliphatic heterocycles. The van der Waals surface area contributed by atoms with Gasteiger partial charge >= 0.3 is 0 Å². The maximum absolute atomic E-state index is 7.91. The highest BCUT2D eigenvalue weighted by atomic mass is 15.3. The van der Waals surface area contributed by atoms with Crippen molar-refractivity contribution >= 4 is 17.6 Å². The van der Waals surface area contributed by atoms with Gasteiger partial charge in [-0.15, -0.1) is 0 Å². The van der Waals surface area contributed by atoms with Gasteiger partial charge in [-0.3, -0.25) is 5.41 Å². The first kappa shape index (κ1) is 15.0. The van der Waals surface area contributed by atoms with Gasteiger partial charge in [0, 0.05) is 12.7 Å². The van der Waals surface area contributed by atoms with Gasteiger partial charge in [0.25, 0.3) is 0 Å². The number of benzene rings is 1. The molecule has 1 aromatic rings. The Hall–Kier alpha value is -2.04. The lowest BCUT2D eigenvalue weighted by Gasteiger charge is -2.23. The molecule has 1 aromatic carbocycles. The van der Waals surface area contributed by atoms with Crippen LogP contribution in [-0.4, -0.2) is 19.0 Å². The minimum absolute atomic E-state index is 0.0436. The molecule has 0 heterocycles. The Kier molecular flexibility index (Phi) is 4.92. The number of rotatable bonds is 3. The molecule has 0 radical (unpaired) electrons. The van der Waals surface area contributed by atoms with Crippen molar-refractivity contribution in [2.75, 3.05) is 11.9 Å². The topological polar surface area (TPSA) is 91.5 Å². The number of guanidine groups is 2. The maximum Gasteiger partial charge on any atom is 0.225 e. The number of hydrogen-bond acceptors (Lipinski definition) is 1. The van der Waals surface area contributed by atoms with Crippen LogP contribution >= 0.6 is 0 Å². The predicted octanol–water partition coefficient (Wildman–Crippen LogP) is 1.76. The highest BCUT2D eigenvalue weighted by Crippen LogP contribution is 2.27. The van der Waals surface area contributed by atoms with Crippen LogP contribution in [0, 0.1) is 12.3 Å². The molecule has 0 saturated carbocycles. The van der Waals surface area contributed by atoms with Crippen molar-refractivity contribution in [1.29, 1.82) is 5.41 Å². The SMILES string of the molecule is CCc1cc(C)c(N(C)C(=N)N=C(N)N)c(CC)c1. The van der Waals surface area contributed by atoms with E-state index in [0.717, 1.165) is 24.1 Å². The highest BCUT2D eigenvalue weighted by Gasteiger charge is 2.14. The van der Waals surface area contributed by atoms with Crippen molar-refractivity contribution in [3.8, 4) is 0 Å². The normalized spacial score (nSPS) is 10.1. The number of nitrogens with zero attached hydrogens (tertiary/aromatic N) is 2. The second kappa shape index (κ2) is 6.22. The summed E-state index contributed by atoms with van der Waals surface area (Å²) in [6, 6.07) is 4.33. The predicted molar refractivity (Wildman–Crippen MR) is 81.9 cm³/mol. The van der Waals surface area contributed by atoms with Crippen LogP contribution in [0.4, 0.5) is 5.69 Å². The summed E-state index contributed by atoms with van der Waals surface area (Å²) in [6.45, 7) is 6.29. The third-order valence-electron chi connectivity index (χ3n) is 3.12. The van der Waals surface area contributed by atoms with E-state index in [1.54, 1.807) is 4.90 Å². The molecular weight excluding hydrogens is 238 g/mol. The van der Waals surface area contributed by atoms with E-state index >= 15 is 0 Å². The molecule has 0 atom stereocenters. The van der Waals surface area contributed by atoms with E-state index in [4.69, 9.17) is 16.9 Å². The lowest BCUT2D eigenvalue weighted by Crippen LogP contribution is -2.31. The van der Waals surface area contributed by atoms with Crippen molar-refractivity contribution in [3.05, 3.63) is 28.8 Å². The molecule has 5 nitrogen and oxygen atoms in total. The molecule has 0 amide bonds. The third-order valence-corrected chi connectivity index (χ3v) is 3.12. The number of aliphatic imine (C=N–C) groups is 1. The van der Waals surface area contributed by atoms with Gasteiger partial charge < -0.3 is 16.4 Å². The van der Waals surface area contributed by atoms with Crippen LogP contribution in [0.15, 0.2) is 17.1 Å². The van der Waals surface area contributed by atoms with Crippen molar-refractivity contribution in [1.82, 2.24) is 0 Å². The van der Waals surface area contributed by atoms with Crippen molar-refractivity contribution in [2.45, 2.75) is 33.6 Å². The molecule has 0 fully saturated rings. The van der Waals surface area contributed by atoms with Gasteiger partial charge in [0.05, 0.1) is 0 Å². The van der Waals surface area contributed by atoms with Crippen LogP contribution in [0.25, 0.3) is 0 Å². The van der Waals surface area contributed by atoms with Gasteiger partial charge in [0.15, 0.2) is 5.96 Å². The van der Waals surface area contributed by atoms with Crippen LogP contribution in [-0.2, 0) is 12.8 Å². The van der Waals surface area contributed by atoms with Crippen molar-refractivity contribution in [3.63, 3.8) is 0 Å². The van der Waals surface area contributed by atoms with E-state index in [0.29, 0.717) is 0 Å². The zero-order chi connectivity index (χ0) is 14.6. The second-order valence-corrected chi connectivity index (χ2v) is 4.55. The fraction of sp³-hybridized carbons (Fsp3) is 0.429. The van der Waals surface area contributed by atoms with Gasteiger partial charge in [0.2, 0.25) is 5.96 Å². The van der Waals surface area contributed by atoms with Gasteiger partial charge in [0.1, 0.15) is 0 Å². The Morgan fingerprint density at radius 3 is 2.37 bits per heavy atom. The van der Waals surface area contributed by atoms with Crippen LogP contribution < -0.4 is 16.4 Å². The molecular formula is C14H23N5. The van der Waals surface area contributed by atoms with Gasteiger partial charge in [-0.2, -0.15) is 4.99 Å². The van der Waals surface area contributed by atoms with Crippen LogP contribution in [0.1, 0.15) is 30.5 Å². The summed E-state index contributed by atoms with van der Waals surface area (Å²) < 4.78 is 0. The average molecular weight is 261 g/mol. The van der Waals surface area contributed by atoms with Gasteiger partial charge in [-0.05, 0) is 36.5 Å². The van der Waals surface area contributed by atoms with E-state index in [2.05, 4.69) is 31.0 Å². The van der Waals surface area contributed by atoms with Crippen molar-refractivity contribution < 1.29 is 0 Å². The molecule has 0 bridgehead atoms. The Morgan fingerprint density at radius 1 is 1.26 bits per heavy atom. The summed E-state index contributed by atoms with van der Waals surface area (Å²) in [5.41, 5.74) is 15.3. The summed E-state index contributed by atoms with van der Waals surface area (Å²) in [5, 5.41) is 7.91. The van der Waals surface area contributed by atoms with Gasteiger partial charge in [-0.25, -0.2) is 0 Å². The zero-order valence-corrected chi connectivity index (χ0v) is 12.1. The Bertz CT molecular complexity index is 501. The van der Waals surface area contributed by atoms with Gasteiger partial charge in [-0.1, -0.05) is 26.0 Å². The first-order chi connectivity index (χ1) is 8.90. The maximum atomic E-state index is 7.91.